The van der Waals surface area contributed by atoms with E-state index in [0.717, 1.165) is 45.0 Å². The molecule has 0 saturated carbocycles. The molecule has 0 aliphatic carbocycles. The van der Waals surface area contributed by atoms with E-state index in [-0.39, 0.29) is 23.0 Å². The third-order valence-corrected chi connectivity index (χ3v) is 19.3. The standard InChI is InChI=1S/C90H77BN2/c1-88(2,3)72-54-75(64-38-24-14-25-39-64)86(77(56-72)70-44-28-42-66(50-70)60-30-16-10-17-31-60)92-81-48-46-68(62-34-20-12-21-35-62)52-79(81)91-80-53-69(63-36-22-13-23-37-63)47-49-82(80)93(84-59-74(90(7,8)9)58-83(92)85(84)91)87-76(65-40-26-15-27-41-65)55-73(89(4,5)6)57-78(87)71-45-29-43-67(51-71)61-32-18-11-19-33-61/h10-59H,1-9H3. The second kappa shape index (κ2) is 23.3. The van der Waals surface area contributed by atoms with Crippen molar-refractivity contribution in [2.45, 2.75) is 78.6 Å². The van der Waals surface area contributed by atoms with Gasteiger partial charge in [0, 0.05) is 45.0 Å². The Labute approximate surface area is 551 Å². The molecule has 2 aliphatic heterocycles. The van der Waals surface area contributed by atoms with E-state index in [4.69, 9.17) is 0 Å². The summed E-state index contributed by atoms with van der Waals surface area (Å²) in [4.78, 5) is 5.42. The van der Waals surface area contributed by atoms with Crippen LogP contribution in [0.4, 0.5) is 34.1 Å². The molecule has 2 heterocycles. The Kier molecular flexibility index (Phi) is 14.8. The molecule has 13 aromatic carbocycles. The van der Waals surface area contributed by atoms with Crippen LogP contribution in [0.25, 0.3) is 89.0 Å². The summed E-state index contributed by atoms with van der Waals surface area (Å²) in [6.45, 7) is 21.1. The van der Waals surface area contributed by atoms with Crippen LogP contribution in [0.3, 0.4) is 0 Å². The van der Waals surface area contributed by atoms with Crippen molar-refractivity contribution < 1.29 is 0 Å². The van der Waals surface area contributed by atoms with Crippen molar-refractivity contribution in [3.05, 3.63) is 320 Å². The lowest BCUT2D eigenvalue weighted by atomic mass is 9.33. The van der Waals surface area contributed by atoms with Gasteiger partial charge in [-0.3, -0.25) is 0 Å². The highest BCUT2D eigenvalue weighted by molar-refractivity contribution is 7.00. The number of fused-ring (bicyclic) bond motifs is 4. The summed E-state index contributed by atoms with van der Waals surface area (Å²) in [6.07, 6.45) is 0. The molecule has 2 nitrogen and oxygen atoms in total. The summed E-state index contributed by atoms with van der Waals surface area (Å²) in [5.41, 5.74) is 32.7. The first-order valence-corrected chi connectivity index (χ1v) is 33.0. The van der Waals surface area contributed by atoms with Crippen LogP contribution in [0, 0.1) is 0 Å². The largest absolute Gasteiger partial charge is 0.310 e. The van der Waals surface area contributed by atoms with Gasteiger partial charge in [-0.25, -0.2) is 0 Å². The fourth-order valence-corrected chi connectivity index (χ4v) is 14.3. The van der Waals surface area contributed by atoms with Crippen molar-refractivity contribution >= 4 is 57.2 Å². The fraction of sp³-hybridized carbons (Fsp3) is 0.133. The van der Waals surface area contributed by atoms with E-state index in [9.17, 15) is 0 Å². The molecule has 3 heteroatoms. The zero-order chi connectivity index (χ0) is 63.8. The lowest BCUT2D eigenvalue weighted by Crippen LogP contribution is -2.61. The summed E-state index contributed by atoms with van der Waals surface area (Å²) in [7, 11) is 0. The molecule has 0 saturated heterocycles. The Morgan fingerprint density at radius 1 is 0.215 bits per heavy atom. The summed E-state index contributed by atoms with van der Waals surface area (Å²) < 4.78 is 0. The predicted molar refractivity (Wildman–Crippen MR) is 400 cm³/mol. The Bertz CT molecular complexity index is 4630. The van der Waals surface area contributed by atoms with Gasteiger partial charge in [-0.05, 0) is 177 Å². The molecule has 93 heavy (non-hydrogen) atoms. The molecule has 0 spiro atoms. The molecule has 0 bridgehead atoms. The number of hydrogen-bond donors (Lipinski definition) is 0. The van der Waals surface area contributed by atoms with E-state index >= 15 is 0 Å². The zero-order valence-corrected chi connectivity index (χ0v) is 54.8. The highest BCUT2D eigenvalue weighted by atomic mass is 15.2. The highest BCUT2D eigenvalue weighted by Crippen LogP contribution is 2.55. The number of benzene rings is 13. The van der Waals surface area contributed by atoms with Gasteiger partial charge in [0.15, 0.2) is 0 Å². The topological polar surface area (TPSA) is 6.48 Å². The van der Waals surface area contributed by atoms with Gasteiger partial charge >= 0.3 is 0 Å². The molecule has 0 atom stereocenters. The van der Waals surface area contributed by atoms with E-state index in [1.807, 2.05) is 0 Å². The maximum absolute atomic E-state index is 2.71. The maximum Gasteiger partial charge on any atom is 0.252 e. The molecule has 0 unspecified atom stereocenters. The van der Waals surface area contributed by atoms with Crippen molar-refractivity contribution in [2.24, 2.45) is 0 Å². The Morgan fingerprint density at radius 3 is 0.785 bits per heavy atom. The van der Waals surface area contributed by atoms with Gasteiger partial charge in [-0.15, -0.1) is 0 Å². The molecule has 15 rings (SSSR count). The van der Waals surface area contributed by atoms with Crippen molar-refractivity contribution in [3.63, 3.8) is 0 Å². The first-order chi connectivity index (χ1) is 45.0. The molecular formula is C90H77BN2. The fourth-order valence-electron chi connectivity index (χ4n) is 14.3. The molecule has 2 aliphatic rings. The van der Waals surface area contributed by atoms with Crippen molar-refractivity contribution in [2.75, 3.05) is 9.80 Å². The minimum Gasteiger partial charge on any atom is -0.310 e. The lowest BCUT2D eigenvalue weighted by molar-refractivity contribution is 0.590. The smallest absolute Gasteiger partial charge is 0.252 e. The van der Waals surface area contributed by atoms with Crippen LogP contribution in [-0.2, 0) is 16.2 Å². The van der Waals surface area contributed by atoms with Crippen LogP contribution in [0.1, 0.15) is 79.0 Å². The quantitative estimate of drug-likeness (QED) is 0.126. The minimum absolute atomic E-state index is 0.188. The van der Waals surface area contributed by atoms with E-state index in [0.29, 0.717) is 0 Å². The van der Waals surface area contributed by atoms with Crippen LogP contribution in [0.15, 0.2) is 303 Å². The van der Waals surface area contributed by atoms with Crippen LogP contribution in [0.2, 0.25) is 0 Å². The van der Waals surface area contributed by atoms with Crippen LogP contribution in [0.5, 0.6) is 0 Å². The molecule has 0 fully saturated rings. The third-order valence-electron chi connectivity index (χ3n) is 19.3. The summed E-state index contributed by atoms with van der Waals surface area (Å²) in [6, 6.07) is 115. The number of nitrogens with zero attached hydrogens (tertiary/aromatic N) is 2. The average molecular weight is 1200 g/mol. The molecule has 0 aromatic heterocycles. The summed E-state index contributed by atoms with van der Waals surface area (Å²) in [5.74, 6) is 0. The highest BCUT2D eigenvalue weighted by Gasteiger charge is 2.46. The normalized spacial score (nSPS) is 12.7. The second-order valence-corrected chi connectivity index (χ2v) is 28.5. The van der Waals surface area contributed by atoms with Crippen LogP contribution in [-0.4, -0.2) is 6.71 Å². The van der Waals surface area contributed by atoms with Crippen LogP contribution < -0.4 is 26.2 Å². The molecule has 0 amide bonds. The SMILES string of the molecule is CC(C)(C)c1cc(-c2ccccc2)c(N2c3ccc(-c4ccccc4)cc3B3c4cc(-c5ccccc5)ccc4N(c4c(-c5ccccc5)cc(C(C)(C)C)cc4-c4cccc(-c5ccccc5)c4)c4cc(C(C)(C)C)cc2c43)c(-c2cccc(-c3ccccc3)c2)c1. The third kappa shape index (κ3) is 10.9. The van der Waals surface area contributed by atoms with Gasteiger partial charge in [-0.2, -0.15) is 0 Å². The van der Waals surface area contributed by atoms with Gasteiger partial charge in [0.25, 0.3) is 6.71 Å². The summed E-state index contributed by atoms with van der Waals surface area (Å²) >= 11 is 0. The van der Waals surface area contributed by atoms with Crippen LogP contribution >= 0.6 is 0 Å². The number of anilines is 6. The first-order valence-electron chi connectivity index (χ1n) is 33.0. The molecule has 450 valence electrons. The van der Waals surface area contributed by atoms with E-state index in [1.54, 1.807) is 0 Å². The predicted octanol–water partition coefficient (Wildman–Crippen LogP) is 23.0. The average Bonchev–Trinajstić information content (AvgIpc) is 0.687. The lowest BCUT2D eigenvalue weighted by Gasteiger charge is -2.47. The van der Waals surface area contributed by atoms with Gasteiger partial charge in [0.05, 0.1) is 11.4 Å². The maximum atomic E-state index is 2.71. The summed E-state index contributed by atoms with van der Waals surface area (Å²) in [5, 5.41) is 0. The van der Waals surface area contributed by atoms with Crippen molar-refractivity contribution in [3.8, 4) is 89.0 Å². The van der Waals surface area contributed by atoms with Gasteiger partial charge in [-0.1, -0.05) is 305 Å². The minimum atomic E-state index is -0.288. The molecule has 13 aromatic rings. The Hall–Kier alpha value is -10.5. The van der Waals surface area contributed by atoms with E-state index < -0.39 is 0 Å². The van der Waals surface area contributed by atoms with Gasteiger partial charge < -0.3 is 9.80 Å². The first kappa shape index (κ1) is 58.9. The Morgan fingerprint density at radius 2 is 0.473 bits per heavy atom. The molecular weight excluding hydrogens is 1120 g/mol. The number of hydrogen-bond acceptors (Lipinski definition) is 2. The van der Waals surface area contributed by atoms with E-state index in [2.05, 4.69) is 375 Å². The van der Waals surface area contributed by atoms with Gasteiger partial charge in [0.1, 0.15) is 0 Å². The number of rotatable bonds is 10. The van der Waals surface area contributed by atoms with Gasteiger partial charge in [0.2, 0.25) is 0 Å². The van der Waals surface area contributed by atoms with E-state index in [1.165, 1.54) is 111 Å². The zero-order valence-electron chi connectivity index (χ0n) is 54.8. The second-order valence-electron chi connectivity index (χ2n) is 28.5. The van der Waals surface area contributed by atoms with Crippen molar-refractivity contribution in [1.29, 1.82) is 0 Å². The monoisotopic (exact) mass is 1200 g/mol. The Balaban J connectivity index is 1.13. The molecule has 0 radical (unpaired) electrons. The molecule has 0 N–H and O–H groups in total. The van der Waals surface area contributed by atoms with Crippen molar-refractivity contribution in [1.82, 2.24) is 0 Å².